The van der Waals surface area contributed by atoms with E-state index in [1.165, 1.54) is 0 Å². The lowest BCUT2D eigenvalue weighted by atomic mass is 9.96. The van der Waals surface area contributed by atoms with Crippen LogP contribution in [-0.4, -0.2) is 58.3 Å². The lowest BCUT2D eigenvalue weighted by Crippen LogP contribution is -2.59. The number of hydrogen-bond acceptors (Lipinski definition) is 5. The molecule has 12 heavy (non-hydrogen) atoms. The van der Waals surface area contributed by atoms with Gasteiger partial charge in [-0.3, -0.25) is 10.2 Å². The summed E-state index contributed by atoms with van der Waals surface area (Å²) >= 11 is 0. The molecule has 0 aliphatic carbocycles. The van der Waals surface area contributed by atoms with Gasteiger partial charge in [0, 0.05) is 12.6 Å². The number of hydrogen-bond donors (Lipinski definition) is 3. The molecule has 0 spiro atoms. The minimum atomic E-state index is -1.01. The van der Waals surface area contributed by atoms with Gasteiger partial charge in [0.25, 0.3) is 0 Å². The molecule has 1 saturated heterocycles. The van der Waals surface area contributed by atoms with E-state index in [4.69, 9.17) is 5.26 Å². The molecule has 0 aromatic rings. The molecule has 5 nitrogen and oxygen atoms in total. The number of nitrogens with zero attached hydrogens (tertiary/aromatic N) is 1. The van der Waals surface area contributed by atoms with Crippen LogP contribution in [0.4, 0.5) is 0 Å². The Bertz CT molecular complexity index is 150. The molecule has 3 N–H and O–H groups in total. The van der Waals surface area contributed by atoms with E-state index >= 15 is 0 Å². The van der Waals surface area contributed by atoms with Gasteiger partial charge in [-0.15, -0.1) is 0 Å². The molecule has 0 radical (unpaired) electrons. The lowest BCUT2D eigenvalue weighted by Gasteiger charge is -2.40. The largest absolute Gasteiger partial charge is 0.389 e. The summed E-state index contributed by atoms with van der Waals surface area (Å²) in [7, 11) is 1.80. The van der Waals surface area contributed by atoms with Crippen LogP contribution < -0.4 is 0 Å². The maximum Gasteiger partial charge on any atom is 0.134 e. The highest BCUT2D eigenvalue weighted by Gasteiger charge is 2.39. The summed E-state index contributed by atoms with van der Waals surface area (Å²) in [6.07, 6.45) is -2.61. The van der Waals surface area contributed by atoms with Gasteiger partial charge in [0.15, 0.2) is 0 Å². The molecule has 1 aliphatic rings. The van der Waals surface area contributed by atoms with Crippen molar-refractivity contribution in [2.45, 2.75) is 31.3 Å². The quantitative estimate of drug-likeness (QED) is 0.350. The summed E-state index contributed by atoms with van der Waals surface area (Å²) in [6, 6.07) is -0.119. The van der Waals surface area contributed by atoms with Crippen LogP contribution in [0.15, 0.2) is 0 Å². The van der Waals surface area contributed by atoms with Gasteiger partial charge in [-0.2, -0.15) is 0 Å². The van der Waals surface area contributed by atoms with Gasteiger partial charge in [-0.1, -0.05) is 0 Å². The van der Waals surface area contributed by atoms with Crippen LogP contribution >= 0.6 is 0 Å². The Balaban J connectivity index is 2.63. The molecule has 0 bridgehead atoms. The van der Waals surface area contributed by atoms with Crippen molar-refractivity contribution >= 4 is 0 Å². The Hall–Kier alpha value is -0.200. The average molecular weight is 177 g/mol. The fraction of sp³-hybridized carbons (Fsp3) is 1.00. The topological polar surface area (TPSA) is 73.2 Å². The van der Waals surface area contributed by atoms with Crippen LogP contribution in [0.3, 0.4) is 0 Å². The predicted molar refractivity (Wildman–Crippen MR) is 41.6 cm³/mol. The summed E-state index contributed by atoms with van der Waals surface area (Å²) in [6.45, 7) is 2.22. The Morgan fingerprint density at radius 1 is 1.33 bits per heavy atom. The van der Waals surface area contributed by atoms with Gasteiger partial charge in [-0.25, -0.2) is 4.89 Å². The highest BCUT2D eigenvalue weighted by atomic mass is 17.1. The number of likely N-dealkylation sites (N-methyl/N-ethyl adjacent to an activating group) is 1. The van der Waals surface area contributed by atoms with Crippen molar-refractivity contribution in [2.24, 2.45) is 0 Å². The molecule has 1 fully saturated rings. The van der Waals surface area contributed by atoms with Gasteiger partial charge in [-0.05, 0) is 14.0 Å². The van der Waals surface area contributed by atoms with Gasteiger partial charge >= 0.3 is 0 Å². The smallest absolute Gasteiger partial charge is 0.134 e. The maximum atomic E-state index is 9.44. The Morgan fingerprint density at radius 2 is 1.92 bits per heavy atom. The maximum absolute atomic E-state index is 9.44. The van der Waals surface area contributed by atoms with Gasteiger partial charge in [0.2, 0.25) is 0 Å². The molecule has 1 aliphatic heterocycles. The normalized spacial score (nSPS) is 44.8. The first-order chi connectivity index (χ1) is 5.57. The molecule has 5 heteroatoms. The molecular weight excluding hydrogens is 162 g/mol. The third-order valence-corrected chi connectivity index (χ3v) is 2.52. The van der Waals surface area contributed by atoms with Crippen molar-refractivity contribution in [3.8, 4) is 0 Å². The van der Waals surface area contributed by atoms with Crippen molar-refractivity contribution in [1.82, 2.24) is 4.90 Å². The van der Waals surface area contributed by atoms with Crippen LogP contribution in [0.25, 0.3) is 0 Å². The molecule has 0 aromatic carbocycles. The number of aliphatic hydroxyl groups excluding tert-OH is 2. The molecular formula is C7H15NO4. The minimum Gasteiger partial charge on any atom is -0.389 e. The minimum absolute atomic E-state index is 0.119. The zero-order chi connectivity index (χ0) is 9.30. The van der Waals surface area contributed by atoms with Crippen LogP contribution in [0, 0.1) is 0 Å². The summed E-state index contributed by atoms with van der Waals surface area (Å²) in [5, 5.41) is 27.2. The first kappa shape index (κ1) is 9.88. The van der Waals surface area contributed by atoms with Crippen molar-refractivity contribution in [3.05, 3.63) is 0 Å². The van der Waals surface area contributed by atoms with Crippen molar-refractivity contribution < 1.29 is 20.4 Å². The fourth-order valence-electron chi connectivity index (χ4n) is 1.42. The SMILES string of the molecule is C[C@@H]1[C@@H](O)[C@H](O)[C@@H](OO)CN1C. The summed E-state index contributed by atoms with van der Waals surface area (Å²) < 4.78 is 0. The van der Waals surface area contributed by atoms with E-state index in [0.717, 1.165) is 0 Å². The molecule has 1 heterocycles. The van der Waals surface area contributed by atoms with E-state index in [0.29, 0.717) is 6.54 Å². The van der Waals surface area contributed by atoms with E-state index in [1.54, 1.807) is 7.05 Å². The van der Waals surface area contributed by atoms with Crippen LogP contribution in [0.1, 0.15) is 6.92 Å². The Kier molecular flexibility index (Phi) is 3.03. The molecule has 72 valence electrons. The van der Waals surface area contributed by atoms with Crippen molar-refractivity contribution in [1.29, 1.82) is 0 Å². The number of likely N-dealkylation sites (tertiary alicyclic amines) is 1. The second-order valence-electron chi connectivity index (χ2n) is 3.31. The highest BCUT2D eigenvalue weighted by Crippen LogP contribution is 2.18. The number of aliphatic hydroxyl groups is 2. The van der Waals surface area contributed by atoms with E-state index in [9.17, 15) is 10.2 Å². The second-order valence-corrected chi connectivity index (χ2v) is 3.31. The lowest BCUT2D eigenvalue weighted by molar-refractivity contribution is -0.316. The zero-order valence-electron chi connectivity index (χ0n) is 7.21. The highest BCUT2D eigenvalue weighted by molar-refractivity contribution is 4.91. The van der Waals surface area contributed by atoms with Gasteiger partial charge in [0.05, 0.1) is 6.10 Å². The molecule has 0 amide bonds. The first-order valence-corrected chi connectivity index (χ1v) is 3.94. The zero-order valence-corrected chi connectivity index (χ0v) is 7.21. The third-order valence-electron chi connectivity index (χ3n) is 2.52. The summed E-state index contributed by atoms with van der Waals surface area (Å²) in [4.78, 5) is 5.86. The first-order valence-electron chi connectivity index (χ1n) is 3.94. The van der Waals surface area contributed by atoms with Gasteiger partial charge < -0.3 is 10.2 Å². The van der Waals surface area contributed by atoms with Crippen LogP contribution in [-0.2, 0) is 4.89 Å². The average Bonchev–Trinajstić information content (AvgIpc) is 2.08. The molecule has 4 atom stereocenters. The molecule has 0 saturated carbocycles. The second kappa shape index (κ2) is 3.68. The van der Waals surface area contributed by atoms with Crippen molar-refractivity contribution in [3.63, 3.8) is 0 Å². The van der Waals surface area contributed by atoms with E-state index in [2.05, 4.69) is 4.89 Å². The van der Waals surface area contributed by atoms with Crippen LogP contribution in [0.5, 0.6) is 0 Å². The Labute approximate surface area is 71.1 Å². The third kappa shape index (κ3) is 1.60. The monoisotopic (exact) mass is 177 g/mol. The fourth-order valence-corrected chi connectivity index (χ4v) is 1.42. The predicted octanol–water partition coefficient (Wildman–Crippen LogP) is -1.10. The summed E-state index contributed by atoms with van der Waals surface area (Å²) in [5.74, 6) is 0. The van der Waals surface area contributed by atoms with E-state index in [1.807, 2.05) is 11.8 Å². The van der Waals surface area contributed by atoms with E-state index in [-0.39, 0.29) is 6.04 Å². The summed E-state index contributed by atoms with van der Waals surface area (Å²) in [5.41, 5.74) is 0. The molecule has 0 unspecified atom stereocenters. The van der Waals surface area contributed by atoms with Gasteiger partial charge in [0.1, 0.15) is 12.2 Å². The Morgan fingerprint density at radius 3 is 2.42 bits per heavy atom. The molecule has 1 rings (SSSR count). The number of rotatable bonds is 1. The van der Waals surface area contributed by atoms with E-state index < -0.39 is 18.3 Å². The standard InChI is InChI=1S/C7H15NO4/c1-4-6(9)7(10)5(12-11)3-8(4)2/h4-7,9-11H,3H2,1-2H3/t4-,5+,6-,7-/m1/s1. The van der Waals surface area contributed by atoms with Crippen LogP contribution in [0.2, 0.25) is 0 Å². The molecule has 0 aromatic heterocycles. The number of piperidine rings is 1. The van der Waals surface area contributed by atoms with Crippen molar-refractivity contribution in [2.75, 3.05) is 13.6 Å².